The Morgan fingerprint density at radius 1 is 0.269 bits per heavy atom. The number of fused-ring (bicyclic) bond motifs is 3. The van der Waals surface area contributed by atoms with Crippen LogP contribution >= 0.6 is 0 Å². The van der Waals surface area contributed by atoms with Crippen LogP contribution in [0.4, 0.5) is 0 Å². The van der Waals surface area contributed by atoms with Gasteiger partial charge in [-0.25, -0.2) is 0 Å². The maximum absolute atomic E-state index is 2.38. The van der Waals surface area contributed by atoms with Crippen molar-refractivity contribution in [2.24, 2.45) is 0 Å². The molecule has 0 aliphatic heterocycles. The Hall–Kier alpha value is -6.44. The van der Waals surface area contributed by atoms with Gasteiger partial charge in [-0.15, -0.1) is 0 Å². The number of nitrogens with zero attached hydrogens (tertiary/aromatic N) is 1. The van der Waals surface area contributed by atoms with E-state index < -0.39 is 0 Å². The fourth-order valence-electron chi connectivity index (χ4n) is 6.54. The zero-order chi connectivity index (χ0) is 35.7. The number of hydrogen-bond donors (Lipinski definition) is 0. The number of hydrogen-bond acceptors (Lipinski definition) is 0. The minimum atomic E-state index is 1.18. The number of aryl methyl sites for hydroxylation is 3. The molecule has 1 heteroatoms. The largest absolute Gasteiger partial charge is 0.309 e. The average molecular weight is 670 g/mol. The lowest BCUT2D eigenvalue weighted by molar-refractivity contribution is 1.18. The van der Waals surface area contributed by atoms with Gasteiger partial charge in [-0.05, 0) is 84.5 Å². The summed E-state index contributed by atoms with van der Waals surface area (Å²) in [5, 5.41) is 2.56. The van der Waals surface area contributed by atoms with E-state index in [2.05, 4.69) is 207 Å². The Morgan fingerprint density at radius 3 is 1.25 bits per heavy atom. The first kappa shape index (κ1) is 34.0. The molecule has 0 aliphatic carbocycles. The average Bonchev–Trinajstić information content (AvgIpc) is 3.54. The molecule has 1 aromatic heterocycles. The van der Waals surface area contributed by atoms with Gasteiger partial charge < -0.3 is 4.57 Å². The fraction of sp³-hybridized carbons (Fsp3) is 0.0588. The van der Waals surface area contributed by atoms with Gasteiger partial charge >= 0.3 is 0 Å². The molecule has 9 aromatic rings. The third kappa shape index (κ3) is 7.96. The summed E-state index contributed by atoms with van der Waals surface area (Å²) >= 11 is 0. The molecule has 0 N–H and O–H groups in total. The molecule has 0 atom stereocenters. The lowest BCUT2D eigenvalue weighted by Crippen LogP contribution is -1.94. The summed E-state index contributed by atoms with van der Waals surface area (Å²) in [4.78, 5) is 0. The van der Waals surface area contributed by atoms with Crippen molar-refractivity contribution in [1.82, 2.24) is 4.57 Å². The van der Waals surface area contributed by atoms with Crippen LogP contribution in [0.25, 0.3) is 60.9 Å². The van der Waals surface area contributed by atoms with Crippen molar-refractivity contribution in [1.29, 1.82) is 0 Å². The first-order chi connectivity index (χ1) is 25.5. The quantitative estimate of drug-likeness (QED) is 0.176. The molecule has 9 rings (SSSR count). The number of benzene rings is 8. The van der Waals surface area contributed by atoms with Gasteiger partial charge in [0.2, 0.25) is 0 Å². The molecule has 8 aromatic carbocycles. The van der Waals surface area contributed by atoms with Crippen LogP contribution in [-0.2, 0) is 0 Å². The normalized spacial score (nSPS) is 10.6. The topological polar surface area (TPSA) is 4.93 Å². The van der Waals surface area contributed by atoms with E-state index in [4.69, 9.17) is 0 Å². The van der Waals surface area contributed by atoms with E-state index in [9.17, 15) is 0 Å². The third-order valence-electron chi connectivity index (χ3n) is 9.37. The van der Waals surface area contributed by atoms with E-state index in [0.717, 1.165) is 0 Å². The molecular formula is C51H43N. The van der Waals surface area contributed by atoms with E-state index in [1.54, 1.807) is 0 Å². The number of rotatable bonds is 4. The Bertz CT molecular complexity index is 2490. The molecule has 0 saturated heterocycles. The summed E-state index contributed by atoms with van der Waals surface area (Å²) in [7, 11) is 0. The van der Waals surface area contributed by atoms with Gasteiger partial charge in [0.05, 0.1) is 11.0 Å². The highest BCUT2D eigenvalue weighted by Crippen LogP contribution is 2.35. The SMILES string of the molecule is Cc1ccc(-c2ccc3c(c2)c2ccccc2n3-c2cccc(-c3ccccc3)c2)cc1.Cc1ccc(-c2ccccc2)cc1.Cc1ccccc1. The maximum atomic E-state index is 2.38. The predicted molar refractivity (Wildman–Crippen MR) is 224 cm³/mol. The molecule has 0 radical (unpaired) electrons. The second-order valence-corrected chi connectivity index (χ2v) is 13.3. The van der Waals surface area contributed by atoms with Crippen LogP contribution in [0.5, 0.6) is 0 Å². The van der Waals surface area contributed by atoms with Crippen LogP contribution in [0, 0.1) is 20.8 Å². The van der Waals surface area contributed by atoms with Gasteiger partial charge in [0.25, 0.3) is 0 Å². The van der Waals surface area contributed by atoms with Gasteiger partial charge in [-0.1, -0.05) is 193 Å². The third-order valence-corrected chi connectivity index (χ3v) is 9.37. The predicted octanol–water partition coefficient (Wildman–Crippen LogP) is 14.1. The Morgan fingerprint density at radius 2 is 0.673 bits per heavy atom. The van der Waals surface area contributed by atoms with Crippen LogP contribution in [0.15, 0.2) is 206 Å². The van der Waals surface area contributed by atoms with Gasteiger partial charge in [0.1, 0.15) is 0 Å². The number of aromatic nitrogens is 1. The molecule has 0 unspecified atom stereocenters. The summed E-state index contributed by atoms with van der Waals surface area (Å²) in [5.74, 6) is 0. The van der Waals surface area contributed by atoms with Gasteiger partial charge in [0, 0.05) is 16.5 Å². The Balaban J connectivity index is 0.000000171. The van der Waals surface area contributed by atoms with Crippen LogP contribution < -0.4 is 0 Å². The van der Waals surface area contributed by atoms with Gasteiger partial charge in [-0.3, -0.25) is 0 Å². The summed E-state index contributed by atoms with van der Waals surface area (Å²) in [6, 6.07) is 73.0. The van der Waals surface area contributed by atoms with Crippen molar-refractivity contribution in [3.63, 3.8) is 0 Å². The summed E-state index contributed by atoms with van der Waals surface area (Å²) in [6.45, 7) is 6.32. The smallest absolute Gasteiger partial charge is 0.0541 e. The molecule has 0 aliphatic rings. The molecular weight excluding hydrogens is 627 g/mol. The molecule has 0 amide bonds. The highest BCUT2D eigenvalue weighted by Gasteiger charge is 2.13. The zero-order valence-corrected chi connectivity index (χ0v) is 30.1. The van der Waals surface area contributed by atoms with Crippen molar-refractivity contribution >= 4 is 21.8 Å². The Labute approximate surface area is 308 Å². The summed E-state index contributed by atoms with van der Waals surface area (Å²) in [6.07, 6.45) is 0. The van der Waals surface area contributed by atoms with E-state index >= 15 is 0 Å². The molecule has 1 heterocycles. The maximum Gasteiger partial charge on any atom is 0.0541 e. The Kier molecular flexibility index (Phi) is 10.5. The lowest BCUT2D eigenvalue weighted by atomic mass is 10.0. The highest BCUT2D eigenvalue weighted by molar-refractivity contribution is 6.10. The van der Waals surface area contributed by atoms with Crippen LogP contribution in [0.2, 0.25) is 0 Å². The van der Waals surface area contributed by atoms with Crippen molar-refractivity contribution in [2.75, 3.05) is 0 Å². The van der Waals surface area contributed by atoms with E-state index in [-0.39, 0.29) is 0 Å². The molecule has 0 bridgehead atoms. The van der Waals surface area contributed by atoms with Crippen LogP contribution in [0.3, 0.4) is 0 Å². The number of para-hydroxylation sites is 1. The molecule has 52 heavy (non-hydrogen) atoms. The second kappa shape index (κ2) is 16.1. The molecule has 1 nitrogen and oxygen atoms in total. The van der Waals surface area contributed by atoms with Crippen LogP contribution in [0.1, 0.15) is 16.7 Å². The first-order valence-corrected chi connectivity index (χ1v) is 17.9. The molecule has 0 spiro atoms. The first-order valence-electron chi connectivity index (χ1n) is 17.9. The lowest BCUT2D eigenvalue weighted by Gasteiger charge is -2.11. The molecule has 0 fully saturated rings. The summed E-state index contributed by atoms with van der Waals surface area (Å²) in [5.41, 5.74) is 15.1. The highest BCUT2D eigenvalue weighted by atomic mass is 15.0. The van der Waals surface area contributed by atoms with Crippen molar-refractivity contribution < 1.29 is 0 Å². The van der Waals surface area contributed by atoms with E-state index in [1.165, 1.54) is 77.6 Å². The van der Waals surface area contributed by atoms with Crippen LogP contribution in [-0.4, -0.2) is 4.57 Å². The summed E-state index contributed by atoms with van der Waals surface area (Å²) < 4.78 is 2.38. The van der Waals surface area contributed by atoms with E-state index in [0.29, 0.717) is 0 Å². The molecule has 252 valence electrons. The second-order valence-electron chi connectivity index (χ2n) is 13.3. The van der Waals surface area contributed by atoms with Crippen molar-refractivity contribution in [3.05, 3.63) is 223 Å². The minimum absolute atomic E-state index is 1.18. The molecule has 0 saturated carbocycles. The zero-order valence-electron chi connectivity index (χ0n) is 30.1. The van der Waals surface area contributed by atoms with Crippen molar-refractivity contribution in [2.45, 2.75) is 20.8 Å². The van der Waals surface area contributed by atoms with Gasteiger partial charge in [0.15, 0.2) is 0 Å². The van der Waals surface area contributed by atoms with Gasteiger partial charge in [-0.2, -0.15) is 0 Å². The van der Waals surface area contributed by atoms with Crippen molar-refractivity contribution in [3.8, 4) is 39.1 Å². The monoisotopic (exact) mass is 669 g/mol. The van der Waals surface area contributed by atoms with E-state index in [1.807, 2.05) is 24.3 Å². The minimum Gasteiger partial charge on any atom is -0.309 e. The standard InChI is InChI=1S/C31H23N.C13H12.C7H8/c1-22-14-16-24(17-15-22)26-18-19-31-29(21-26)28-12-5-6-13-30(28)32(31)27-11-7-10-25(20-27)23-8-3-2-4-9-23;1-11-7-9-13(10-8-11)12-5-3-2-4-6-12;1-7-5-3-2-4-6-7/h2-21H,1H3;2-10H,1H3;2-6H,1H3. The fourth-order valence-corrected chi connectivity index (χ4v) is 6.54.